The van der Waals surface area contributed by atoms with Gasteiger partial charge in [0.25, 0.3) is 0 Å². The monoisotopic (exact) mass is 234 g/mol. The van der Waals surface area contributed by atoms with Crippen molar-refractivity contribution >= 4 is 27.5 Å². The molecule has 1 rings (SSSR count). The molecule has 0 bridgehead atoms. The first-order chi connectivity index (χ1) is 5.24. The molecular formula is C7H8BrClN2. The van der Waals surface area contributed by atoms with Gasteiger partial charge in [0.05, 0.1) is 5.69 Å². The highest BCUT2D eigenvalue weighted by Gasteiger charge is 1.99. The van der Waals surface area contributed by atoms with Crippen LogP contribution in [0.5, 0.6) is 0 Å². The molecule has 2 nitrogen and oxygen atoms in total. The lowest BCUT2D eigenvalue weighted by Gasteiger charge is -2.01. The highest BCUT2D eigenvalue weighted by atomic mass is 79.9. The molecule has 0 unspecified atom stereocenters. The Morgan fingerprint density at radius 2 is 2.36 bits per heavy atom. The summed E-state index contributed by atoms with van der Waals surface area (Å²) < 4.78 is 0.983. The number of nitrogens with one attached hydrogen (secondary N) is 1. The highest BCUT2D eigenvalue weighted by Crippen LogP contribution is 2.16. The van der Waals surface area contributed by atoms with Gasteiger partial charge in [-0.15, -0.1) is 0 Å². The van der Waals surface area contributed by atoms with Crippen LogP contribution in [0.15, 0.2) is 16.6 Å². The van der Waals surface area contributed by atoms with Crippen LogP contribution < -0.4 is 5.32 Å². The SMILES string of the molecule is CNCc1nc(Cl)ccc1Br. The Labute approximate surface area is 79.1 Å². The van der Waals surface area contributed by atoms with Crippen molar-refractivity contribution in [3.05, 3.63) is 27.5 Å². The van der Waals surface area contributed by atoms with Crippen LogP contribution in [0.3, 0.4) is 0 Å². The van der Waals surface area contributed by atoms with Gasteiger partial charge in [0.1, 0.15) is 5.15 Å². The Bertz CT molecular complexity index is 252. The first kappa shape index (κ1) is 8.97. The number of hydrogen-bond donors (Lipinski definition) is 1. The minimum atomic E-state index is 0.526. The molecule has 11 heavy (non-hydrogen) atoms. The van der Waals surface area contributed by atoms with E-state index in [0.29, 0.717) is 5.15 Å². The van der Waals surface area contributed by atoms with E-state index < -0.39 is 0 Å². The molecule has 0 amide bonds. The number of hydrogen-bond acceptors (Lipinski definition) is 2. The van der Waals surface area contributed by atoms with Gasteiger partial charge in [0.2, 0.25) is 0 Å². The van der Waals surface area contributed by atoms with E-state index in [1.54, 1.807) is 6.07 Å². The van der Waals surface area contributed by atoms with Gasteiger partial charge in [0, 0.05) is 11.0 Å². The number of nitrogens with zero attached hydrogens (tertiary/aromatic N) is 1. The molecule has 0 atom stereocenters. The van der Waals surface area contributed by atoms with Crippen molar-refractivity contribution in [3.8, 4) is 0 Å². The van der Waals surface area contributed by atoms with E-state index in [0.717, 1.165) is 16.7 Å². The molecule has 0 radical (unpaired) electrons. The lowest BCUT2D eigenvalue weighted by molar-refractivity contribution is 0.787. The van der Waals surface area contributed by atoms with Crippen LogP contribution >= 0.6 is 27.5 Å². The van der Waals surface area contributed by atoms with Gasteiger partial charge in [-0.05, 0) is 35.1 Å². The van der Waals surface area contributed by atoms with Gasteiger partial charge in [-0.2, -0.15) is 0 Å². The molecule has 1 aromatic rings. The van der Waals surface area contributed by atoms with Gasteiger partial charge in [-0.1, -0.05) is 11.6 Å². The van der Waals surface area contributed by atoms with E-state index in [2.05, 4.69) is 26.2 Å². The topological polar surface area (TPSA) is 24.9 Å². The maximum atomic E-state index is 5.69. The fourth-order valence-corrected chi connectivity index (χ4v) is 1.28. The van der Waals surface area contributed by atoms with E-state index in [-0.39, 0.29) is 0 Å². The smallest absolute Gasteiger partial charge is 0.129 e. The average molecular weight is 236 g/mol. The molecule has 0 spiro atoms. The molecule has 0 aliphatic carbocycles. The zero-order chi connectivity index (χ0) is 8.27. The third-order valence-electron chi connectivity index (χ3n) is 1.23. The molecule has 1 N–H and O–H groups in total. The van der Waals surface area contributed by atoms with Crippen LogP contribution in [0.4, 0.5) is 0 Å². The van der Waals surface area contributed by atoms with E-state index >= 15 is 0 Å². The maximum absolute atomic E-state index is 5.69. The molecule has 0 aliphatic heterocycles. The summed E-state index contributed by atoms with van der Waals surface area (Å²) >= 11 is 9.06. The molecule has 0 aromatic carbocycles. The van der Waals surface area contributed by atoms with Crippen LogP contribution in [0.1, 0.15) is 5.69 Å². The molecule has 1 heterocycles. The fraction of sp³-hybridized carbons (Fsp3) is 0.286. The van der Waals surface area contributed by atoms with E-state index in [1.165, 1.54) is 0 Å². The Morgan fingerprint density at radius 1 is 1.64 bits per heavy atom. The van der Waals surface area contributed by atoms with Crippen LogP contribution in [-0.2, 0) is 6.54 Å². The molecule has 0 fully saturated rings. The number of aromatic nitrogens is 1. The fourth-order valence-electron chi connectivity index (χ4n) is 0.749. The molecule has 1 aromatic heterocycles. The second-order valence-electron chi connectivity index (χ2n) is 2.09. The van der Waals surface area contributed by atoms with Crippen molar-refractivity contribution in [1.82, 2.24) is 10.3 Å². The lowest BCUT2D eigenvalue weighted by Crippen LogP contribution is -2.07. The Balaban J connectivity index is 2.93. The molecule has 0 saturated heterocycles. The summed E-state index contributed by atoms with van der Waals surface area (Å²) in [6.45, 7) is 0.723. The van der Waals surface area contributed by atoms with Crippen LogP contribution in [-0.4, -0.2) is 12.0 Å². The minimum Gasteiger partial charge on any atom is -0.314 e. The van der Waals surface area contributed by atoms with Crippen molar-refractivity contribution in [3.63, 3.8) is 0 Å². The Kier molecular flexibility index (Phi) is 3.30. The summed E-state index contributed by atoms with van der Waals surface area (Å²) in [5.41, 5.74) is 0.931. The summed E-state index contributed by atoms with van der Waals surface area (Å²) in [4.78, 5) is 4.12. The summed E-state index contributed by atoms with van der Waals surface area (Å²) in [6, 6.07) is 3.65. The van der Waals surface area contributed by atoms with Crippen molar-refractivity contribution in [1.29, 1.82) is 0 Å². The summed E-state index contributed by atoms with van der Waals surface area (Å²) in [5, 5.41) is 3.53. The molecule has 4 heteroatoms. The number of pyridine rings is 1. The third kappa shape index (κ3) is 2.43. The van der Waals surface area contributed by atoms with Crippen molar-refractivity contribution in [2.24, 2.45) is 0 Å². The van der Waals surface area contributed by atoms with Crippen molar-refractivity contribution in [2.45, 2.75) is 6.54 Å². The molecule has 60 valence electrons. The zero-order valence-electron chi connectivity index (χ0n) is 6.06. The highest BCUT2D eigenvalue weighted by molar-refractivity contribution is 9.10. The van der Waals surface area contributed by atoms with E-state index in [1.807, 2.05) is 13.1 Å². The van der Waals surface area contributed by atoms with E-state index in [4.69, 9.17) is 11.6 Å². The number of halogens is 2. The van der Waals surface area contributed by atoms with Crippen LogP contribution in [0.2, 0.25) is 5.15 Å². The van der Waals surface area contributed by atoms with Crippen molar-refractivity contribution in [2.75, 3.05) is 7.05 Å². The zero-order valence-corrected chi connectivity index (χ0v) is 8.41. The Hall–Kier alpha value is -0.120. The Morgan fingerprint density at radius 3 is 3.00 bits per heavy atom. The normalized spacial score (nSPS) is 10.1. The third-order valence-corrected chi connectivity index (χ3v) is 2.16. The molecule has 0 saturated carbocycles. The summed E-state index contributed by atoms with van der Waals surface area (Å²) in [5.74, 6) is 0. The van der Waals surface area contributed by atoms with Crippen LogP contribution in [0, 0.1) is 0 Å². The van der Waals surface area contributed by atoms with Gasteiger partial charge in [-0.3, -0.25) is 0 Å². The molecular weight excluding hydrogens is 227 g/mol. The standard InChI is InChI=1S/C7H8BrClN2/c1-10-4-6-5(8)2-3-7(9)11-6/h2-3,10H,4H2,1H3. The average Bonchev–Trinajstić information content (AvgIpc) is 1.98. The first-order valence-electron chi connectivity index (χ1n) is 3.19. The van der Waals surface area contributed by atoms with Gasteiger partial charge in [0.15, 0.2) is 0 Å². The second kappa shape index (κ2) is 4.04. The predicted molar refractivity (Wildman–Crippen MR) is 49.7 cm³/mol. The maximum Gasteiger partial charge on any atom is 0.129 e. The lowest BCUT2D eigenvalue weighted by atomic mass is 10.3. The minimum absolute atomic E-state index is 0.526. The largest absolute Gasteiger partial charge is 0.314 e. The van der Waals surface area contributed by atoms with Gasteiger partial charge >= 0.3 is 0 Å². The second-order valence-corrected chi connectivity index (χ2v) is 3.33. The van der Waals surface area contributed by atoms with Gasteiger partial charge < -0.3 is 5.32 Å². The summed E-state index contributed by atoms with van der Waals surface area (Å²) in [7, 11) is 1.87. The molecule has 0 aliphatic rings. The first-order valence-corrected chi connectivity index (χ1v) is 4.36. The quantitative estimate of drug-likeness (QED) is 0.795. The van der Waals surface area contributed by atoms with Crippen molar-refractivity contribution < 1.29 is 0 Å². The predicted octanol–water partition coefficient (Wildman–Crippen LogP) is 2.22. The van der Waals surface area contributed by atoms with Gasteiger partial charge in [-0.25, -0.2) is 4.98 Å². The number of rotatable bonds is 2. The summed E-state index contributed by atoms with van der Waals surface area (Å²) in [6.07, 6.45) is 0. The van der Waals surface area contributed by atoms with Crippen LogP contribution in [0.25, 0.3) is 0 Å². The van der Waals surface area contributed by atoms with E-state index in [9.17, 15) is 0 Å².